The minimum Gasteiger partial charge on any atom is -0.309 e. The second-order valence-electron chi connectivity index (χ2n) is 14.9. The first-order valence-corrected chi connectivity index (χ1v) is 19.6. The number of para-hydroxylation sites is 2. The van der Waals surface area contributed by atoms with Crippen molar-refractivity contribution in [1.29, 1.82) is 0 Å². The first kappa shape index (κ1) is 32.4. The Bertz CT molecular complexity index is 3430. The monoisotopic (exact) mass is 739 g/mol. The van der Waals surface area contributed by atoms with E-state index in [1.165, 1.54) is 43.8 Å². The second-order valence-corrected chi connectivity index (χ2v) is 14.9. The maximum atomic E-state index is 5.28. The van der Waals surface area contributed by atoms with Gasteiger partial charge in [0, 0.05) is 38.1 Å². The molecule has 0 N–H and O–H groups in total. The predicted molar refractivity (Wildman–Crippen MR) is 239 cm³/mol. The molecule has 0 atom stereocenters. The van der Waals surface area contributed by atoms with Crippen LogP contribution in [0.4, 0.5) is 0 Å². The average molecular weight is 740 g/mol. The molecule has 4 heterocycles. The SMILES string of the molecule is c1ccc(-c2ccc(-c3nc(-c4ccc(-c5ccccc5)cc4)nc(-n4c5ccccc5c5cc6c(cc54)cc4c5ccccc5c5ccccc5n64)n3)cc2)cc1. The highest BCUT2D eigenvalue weighted by Crippen LogP contribution is 2.39. The molecule has 0 fully saturated rings. The predicted octanol–water partition coefficient (Wildman–Crippen LogP) is 13.3. The summed E-state index contributed by atoms with van der Waals surface area (Å²) in [4.78, 5) is 15.7. The highest BCUT2D eigenvalue weighted by molar-refractivity contribution is 6.18. The summed E-state index contributed by atoms with van der Waals surface area (Å²) in [6, 6.07) is 70.9. The van der Waals surface area contributed by atoms with Crippen molar-refractivity contribution in [3.05, 3.63) is 200 Å². The van der Waals surface area contributed by atoms with E-state index in [0.29, 0.717) is 17.6 Å². The molecule has 0 aliphatic heterocycles. The first-order chi connectivity index (χ1) is 28.7. The average Bonchev–Trinajstić information content (AvgIpc) is 3.84. The molecule has 0 saturated carbocycles. The number of fused-ring (bicyclic) bond motifs is 11. The van der Waals surface area contributed by atoms with Crippen molar-refractivity contribution in [1.82, 2.24) is 23.9 Å². The highest BCUT2D eigenvalue weighted by Gasteiger charge is 2.20. The Balaban J connectivity index is 1.10. The smallest absolute Gasteiger partial charge is 0.238 e. The van der Waals surface area contributed by atoms with Gasteiger partial charge in [-0.3, -0.25) is 4.57 Å². The van der Waals surface area contributed by atoms with Crippen molar-refractivity contribution in [3.8, 4) is 51.0 Å². The summed E-state index contributed by atoms with van der Waals surface area (Å²) >= 11 is 0. The topological polar surface area (TPSA) is 48.0 Å². The third kappa shape index (κ3) is 5.07. The zero-order valence-corrected chi connectivity index (χ0v) is 31.3. The van der Waals surface area contributed by atoms with Crippen molar-refractivity contribution in [3.63, 3.8) is 0 Å². The van der Waals surface area contributed by atoms with Crippen LogP contribution in [0.2, 0.25) is 0 Å². The largest absolute Gasteiger partial charge is 0.309 e. The molecule has 5 heteroatoms. The molecule has 0 aliphatic rings. The van der Waals surface area contributed by atoms with Crippen molar-refractivity contribution in [2.24, 2.45) is 0 Å². The Kier molecular flexibility index (Phi) is 7.16. The lowest BCUT2D eigenvalue weighted by Gasteiger charge is -2.12. The summed E-state index contributed by atoms with van der Waals surface area (Å²) in [6.07, 6.45) is 0. The van der Waals surface area contributed by atoms with Gasteiger partial charge in [-0.25, -0.2) is 4.98 Å². The van der Waals surface area contributed by atoms with Crippen LogP contribution in [0.25, 0.3) is 111 Å². The van der Waals surface area contributed by atoms with Crippen LogP contribution in [-0.2, 0) is 0 Å². The van der Waals surface area contributed by atoms with E-state index in [9.17, 15) is 0 Å². The van der Waals surface area contributed by atoms with Gasteiger partial charge >= 0.3 is 0 Å². The lowest BCUT2D eigenvalue weighted by molar-refractivity contribution is 0.954. The van der Waals surface area contributed by atoms with E-state index >= 15 is 0 Å². The molecule has 0 saturated heterocycles. The van der Waals surface area contributed by atoms with Crippen LogP contribution in [0, 0.1) is 0 Å². The van der Waals surface area contributed by atoms with Gasteiger partial charge in [0.1, 0.15) is 0 Å². The number of benzene rings is 8. The van der Waals surface area contributed by atoms with Gasteiger partial charge in [0.05, 0.1) is 27.6 Å². The molecule has 0 unspecified atom stereocenters. The van der Waals surface area contributed by atoms with Crippen LogP contribution in [-0.4, -0.2) is 23.9 Å². The summed E-state index contributed by atoms with van der Waals surface area (Å²) < 4.78 is 4.64. The molecule has 0 spiro atoms. The summed E-state index contributed by atoms with van der Waals surface area (Å²) in [5.41, 5.74) is 12.1. The fraction of sp³-hybridized carbons (Fsp3) is 0. The van der Waals surface area contributed by atoms with E-state index in [2.05, 4.69) is 197 Å². The Morgan fingerprint density at radius 3 is 1.29 bits per heavy atom. The van der Waals surface area contributed by atoms with Crippen LogP contribution >= 0.6 is 0 Å². The van der Waals surface area contributed by atoms with Crippen LogP contribution < -0.4 is 0 Å². The molecule has 5 nitrogen and oxygen atoms in total. The Labute approximate surface area is 333 Å². The standard InChI is InChI=1S/C53H33N5/c1-3-13-34(14-4-1)36-23-27-38(28-24-36)51-54-52(39-29-25-37(26-30-39)35-15-5-2-6-16-35)56-53(55-51)58-47-22-12-10-20-44(47)45-33-48-40(32-50(45)58)31-49-43-19-8-7-17-41(43)42-18-9-11-21-46(42)57(48)49/h1-33H. The van der Waals surface area contributed by atoms with E-state index < -0.39 is 0 Å². The zero-order chi connectivity index (χ0) is 38.2. The highest BCUT2D eigenvalue weighted by atomic mass is 15.2. The molecule has 12 aromatic rings. The van der Waals surface area contributed by atoms with Gasteiger partial charge in [-0.05, 0) is 58.0 Å². The number of rotatable bonds is 5. The normalized spacial score (nSPS) is 11.8. The number of aromatic nitrogens is 5. The molecule has 12 rings (SSSR count). The van der Waals surface area contributed by atoms with Gasteiger partial charge in [-0.2, -0.15) is 9.97 Å². The minimum absolute atomic E-state index is 0.574. The van der Waals surface area contributed by atoms with Gasteiger partial charge in [-0.15, -0.1) is 0 Å². The third-order valence-electron chi connectivity index (χ3n) is 11.6. The number of pyridine rings is 1. The Morgan fingerprint density at radius 1 is 0.276 bits per heavy atom. The van der Waals surface area contributed by atoms with Gasteiger partial charge in [0.25, 0.3) is 0 Å². The molecule has 0 amide bonds. The van der Waals surface area contributed by atoms with Crippen molar-refractivity contribution in [2.45, 2.75) is 0 Å². The molecule has 270 valence electrons. The van der Waals surface area contributed by atoms with E-state index in [1.54, 1.807) is 0 Å². The summed E-state index contributed by atoms with van der Waals surface area (Å²) in [7, 11) is 0. The summed E-state index contributed by atoms with van der Waals surface area (Å²) in [5.74, 6) is 1.81. The van der Waals surface area contributed by atoms with Crippen LogP contribution in [0.5, 0.6) is 0 Å². The van der Waals surface area contributed by atoms with Crippen LogP contribution in [0.1, 0.15) is 0 Å². The maximum absolute atomic E-state index is 5.28. The quantitative estimate of drug-likeness (QED) is 0.165. The van der Waals surface area contributed by atoms with Crippen LogP contribution in [0.3, 0.4) is 0 Å². The number of hydrogen-bond donors (Lipinski definition) is 0. The summed E-state index contributed by atoms with van der Waals surface area (Å²) in [6.45, 7) is 0. The van der Waals surface area contributed by atoms with Crippen LogP contribution in [0.15, 0.2) is 200 Å². The van der Waals surface area contributed by atoms with E-state index in [4.69, 9.17) is 15.0 Å². The minimum atomic E-state index is 0.574. The fourth-order valence-corrected chi connectivity index (χ4v) is 8.79. The molecule has 0 bridgehead atoms. The van der Waals surface area contributed by atoms with E-state index in [1.807, 2.05) is 12.1 Å². The number of nitrogens with zero attached hydrogens (tertiary/aromatic N) is 5. The summed E-state index contributed by atoms with van der Waals surface area (Å²) in [5, 5.41) is 7.17. The van der Waals surface area contributed by atoms with E-state index in [-0.39, 0.29) is 0 Å². The lowest BCUT2D eigenvalue weighted by Crippen LogP contribution is -2.06. The fourth-order valence-electron chi connectivity index (χ4n) is 8.79. The molecule has 0 radical (unpaired) electrons. The molecule has 58 heavy (non-hydrogen) atoms. The number of hydrogen-bond acceptors (Lipinski definition) is 3. The van der Waals surface area contributed by atoms with Gasteiger partial charge < -0.3 is 4.40 Å². The van der Waals surface area contributed by atoms with Crippen molar-refractivity contribution >= 4 is 59.9 Å². The molecule has 0 aliphatic carbocycles. The van der Waals surface area contributed by atoms with Crippen molar-refractivity contribution in [2.75, 3.05) is 0 Å². The van der Waals surface area contributed by atoms with Gasteiger partial charge in [0.2, 0.25) is 5.95 Å². The zero-order valence-electron chi connectivity index (χ0n) is 31.3. The first-order valence-electron chi connectivity index (χ1n) is 19.6. The Morgan fingerprint density at radius 2 is 0.707 bits per heavy atom. The lowest BCUT2D eigenvalue weighted by atomic mass is 10.0. The van der Waals surface area contributed by atoms with Crippen molar-refractivity contribution < 1.29 is 0 Å². The second kappa shape index (κ2) is 12.8. The third-order valence-corrected chi connectivity index (χ3v) is 11.6. The Hall–Kier alpha value is -7.89. The molecule has 4 aromatic heterocycles. The molecule has 8 aromatic carbocycles. The molecular formula is C53H33N5. The maximum Gasteiger partial charge on any atom is 0.238 e. The van der Waals surface area contributed by atoms with E-state index in [0.717, 1.165) is 49.4 Å². The molecular weight excluding hydrogens is 707 g/mol. The van der Waals surface area contributed by atoms with Gasteiger partial charge in [-0.1, -0.05) is 170 Å². The van der Waals surface area contributed by atoms with Gasteiger partial charge in [0.15, 0.2) is 11.6 Å².